The molecule has 0 saturated carbocycles. The molecule has 1 unspecified atom stereocenters. The average Bonchev–Trinajstić information content (AvgIpc) is 2.86. The van der Waals surface area contributed by atoms with Crippen LogP contribution in [-0.2, 0) is 11.3 Å². The second-order valence-electron chi connectivity index (χ2n) is 6.72. The molecule has 3 heterocycles. The molecule has 0 aliphatic carbocycles. The summed E-state index contributed by atoms with van der Waals surface area (Å²) in [6.07, 6.45) is 1.65. The van der Waals surface area contributed by atoms with Crippen LogP contribution in [0.4, 0.5) is 5.69 Å². The molecule has 2 aliphatic heterocycles. The first-order chi connectivity index (χ1) is 12.7. The summed E-state index contributed by atoms with van der Waals surface area (Å²) in [6.45, 7) is 6.14. The number of benzene rings is 1. The van der Waals surface area contributed by atoms with Crippen LogP contribution in [0.2, 0.25) is 0 Å². The van der Waals surface area contributed by atoms with Crippen LogP contribution in [0.3, 0.4) is 0 Å². The topological polar surface area (TPSA) is 54.9 Å². The molecule has 0 N–H and O–H groups in total. The van der Waals surface area contributed by atoms with Crippen molar-refractivity contribution in [3.05, 3.63) is 53.9 Å². The second kappa shape index (κ2) is 7.33. The van der Waals surface area contributed by atoms with Gasteiger partial charge in [0.05, 0.1) is 19.8 Å². The lowest BCUT2D eigenvalue weighted by atomic mass is 10.2. The zero-order chi connectivity index (χ0) is 17.9. The van der Waals surface area contributed by atoms with Crippen molar-refractivity contribution in [2.24, 2.45) is 0 Å². The van der Waals surface area contributed by atoms with E-state index in [0.29, 0.717) is 32.0 Å². The molecule has 1 atom stereocenters. The lowest BCUT2D eigenvalue weighted by Gasteiger charge is -2.29. The summed E-state index contributed by atoms with van der Waals surface area (Å²) < 4.78 is 11.4. The minimum absolute atomic E-state index is 0.0627. The first kappa shape index (κ1) is 16.8. The van der Waals surface area contributed by atoms with Crippen LogP contribution in [-0.4, -0.2) is 54.7 Å². The molecule has 1 amide bonds. The first-order valence-electron chi connectivity index (χ1n) is 9.03. The Morgan fingerprint density at radius 3 is 2.85 bits per heavy atom. The van der Waals surface area contributed by atoms with Crippen molar-refractivity contribution < 1.29 is 14.3 Å². The van der Waals surface area contributed by atoms with E-state index < -0.39 is 0 Å². The number of hydrogen-bond acceptors (Lipinski definition) is 5. The van der Waals surface area contributed by atoms with Gasteiger partial charge < -0.3 is 19.3 Å². The zero-order valence-electron chi connectivity index (χ0n) is 14.9. The fourth-order valence-electron chi connectivity index (χ4n) is 3.46. The van der Waals surface area contributed by atoms with Crippen LogP contribution in [0.25, 0.3) is 0 Å². The van der Waals surface area contributed by atoms with Crippen LogP contribution in [0, 0.1) is 0 Å². The van der Waals surface area contributed by atoms with Crippen molar-refractivity contribution >= 4 is 11.6 Å². The van der Waals surface area contributed by atoms with Gasteiger partial charge in [-0.3, -0.25) is 9.78 Å². The first-order valence-corrected chi connectivity index (χ1v) is 9.03. The van der Waals surface area contributed by atoms with Crippen molar-refractivity contribution in [1.29, 1.82) is 0 Å². The Hall–Kier alpha value is -2.60. The Labute approximate surface area is 153 Å². The molecule has 4 rings (SSSR count). The number of ether oxygens (including phenoxy) is 2. The number of morpholine rings is 1. The van der Waals surface area contributed by atoms with E-state index in [1.54, 1.807) is 6.20 Å². The number of aromatic nitrogens is 1. The monoisotopic (exact) mass is 353 g/mol. The molecule has 6 nitrogen and oxygen atoms in total. The summed E-state index contributed by atoms with van der Waals surface area (Å²) in [7, 11) is 0. The minimum atomic E-state index is -0.0648. The standard InChI is InChI=1S/C20H23N3O3/c1-15-13-23(14-16-4-2-3-5-19(16)26-15)20(24)18-12-17(6-7-21-18)22-8-10-25-11-9-22/h2-7,12,15H,8-11,13-14H2,1H3. The molecule has 0 bridgehead atoms. The van der Waals surface area contributed by atoms with Crippen molar-refractivity contribution in [1.82, 2.24) is 9.88 Å². The van der Waals surface area contributed by atoms with Crippen LogP contribution in [0.5, 0.6) is 5.75 Å². The molecule has 1 saturated heterocycles. The number of pyridine rings is 1. The van der Waals surface area contributed by atoms with Gasteiger partial charge >= 0.3 is 0 Å². The highest BCUT2D eigenvalue weighted by molar-refractivity contribution is 5.93. The van der Waals surface area contributed by atoms with Gasteiger partial charge in [0.1, 0.15) is 17.5 Å². The highest BCUT2D eigenvalue weighted by atomic mass is 16.5. The fourth-order valence-corrected chi connectivity index (χ4v) is 3.46. The summed E-state index contributed by atoms with van der Waals surface area (Å²) in [5.41, 5.74) is 2.52. The van der Waals surface area contributed by atoms with E-state index in [1.165, 1.54) is 0 Å². The highest BCUT2D eigenvalue weighted by Gasteiger charge is 2.25. The van der Waals surface area contributed by atoms with Gasteiger partial charge in [-0.1, -0.05) is 18.2 Å². The number of amides is 1. The van der Waals surface area contributed by atoms with E-state index in [9.17, 15) is 4.79 Å². The maximum atomic E-state index is 13.1. The molecule has 1 fully saturated rings. The van der Waals surface area contributed by atoms with Gasteiger partial charge in [-0.2, -0.15) is 0 Å². The smallest absolute Gasteiger partial charge is 0.272 e. The number of para-hydroxylation sites is 1. The van der Waals surface area contributed by atoms with Crippen molar-refractivity contribution in [2.75, 3.05) is 37.7 Å². The summed E-state index contributed by atoms with van der Waals surface area (Å²) in [6, 6.07) is 11.7. The Bertz CT molecular complexity index is 789. The number of nitrogens with zero attached hydrogens (tertiary/aromatic N) is 3. The molecular formula is C20H23N3O3. The van der Waals surface area contributed by atoms with Gasteiger partial charge in [-0.15, -0.1) is 0 Å². The van der Waals surface area contributed by atoms with E-state index >= 15 is 0 Å². The summed E-state index contributed by atoms with van der Waals surface area (Å²) >= 11 is 0. The molecule has 1 aromatic heterocycles. The Kier molecular flexibility index (Phi) is 4.75. The van der Waals surface area contributed by atoms with Crippen LogP contribution in [0.1, 0.15) is 23.0 Å². The molecule has 6 heteroatoms. The van der Waals surface area contributed by atoms with Gasteiger partial charge in [-0.25, -0.2) is 0 Å². The Morgan fingerprint density at radius 1 is 1.19 bits per heavy atom. The molecule has 0 radical (unpaired) electrons. The van der Waals surface area contributed by atoms with Crippen LogP contribution in [0.15, 0.2) is 42.6 Å². The van der Waals surface area contributed by atoms with Crippen LogP contribution < -0.4 is 9.64 Å². The summed E-state index contributed by atoms with van der Waals surface area (Å²) in [5, 5.41) is 0. The lowest BCUT2D eigenvalue weighted by molar-refractivity contribution is 0.0685. The van der Waals surface area contributed by atoms with E-state index in [2.05, 4.69) is 9.88 Å². The van der Waals surface area contributed by atoms with Gasteiger partial charge in [0.25, 0.3) is 5.91 Å². The Morgan fingerprint density at radius 2 is 2.00 bits per heavy atom. The van der Waals surface area contributed by atoms with E-state index in [4.69, 9.17) is 9.47 Å². The van der Waals surface area contributed by atoms with Gasteiger partial charge in [0, 0.05) is 37.1 Å². The third kappa shape index (κ3) is 3.51. The summed E-state index contributed by atoms with van der Waals surface area (Å²) in [5.74, 6) is 0.789. The van der Waals surface area contributed by atoms with Gasteiger partial charge in [0.2, 0.25) is 0 Å². The predicted molar refractivity (Wildman–Crippen MR) is 98.5 cm³/mol. The fraction of sp³-hybridized carbons (Fsp3) is 0.400. The molecule has 2 aliphatic rings. The van der Waals surface area contributed by atoms with Crippen molar-refractivity contribution in [3.63, 3.8) is 0 Å². The Balaban J connectivity index is 1.57. The van der Waals surface area contributed by atoms with Gasteiger partial charge in [0.15, 0.2) is 0 Å². The van der Waals surface area contributed by atoms with E-state index in [-0.39, 0.29) is 12.0 Å². The molecule has 136 valence electrons. The number of carbonyl (C=O) groups excluding carboxylic acids is 1. The normalized spacial score (nSPS) is 20.1. The molecule has 26 heavy (non-hydrogen) atoms. The van der Waals surface area contributed by atoms with E-state index in [1.807, 2.05) is 48.2 Å². The lowest BCUT2D eigenvalue weighted by Crippen LogP contribution is -2.38. The third-order valence-corrected chi connectivity index (χ3v) is 4.77. The van der Waals surface area contributed by atoms with Gasteiger partial charge in [-0.05, 0) is 25.1 Å². The third-order valence-electron chi connectivity index (χ3n) is 4.77. The SMILES string of the molecule is CC1CN(C(=O)c2cc(N3CCOCC3)ccn2)Cc2ccccc2O1. The zero-order valence-corrected chi connectivity index (χ0v) is 14.9. The maximum Gasteiger partial charge on any atom is 0.272 e. The summed E-state index contributed by atoms with van der Waals surface area (Å²) in [4.78, 5) is 21.5. The molecule has 2 aromatic rings. The number of carbonyl (C=O) groups is 1. The van der Waals surface area contributed by atoms with Crippen LogP contribution >= 0.6 is 0 Å². The van der Waals surface area contributed by atoms with Crippen molar-refractivity contribution in [3.8, 4) is 5.75 Å². The van der Waals surface area contributed by atoms with E-state index in [0.717, 1.165) is 30.1 Å². The predicted octanol–water partition coefficient (Wildman–Crippen LogP) is 2.34. The molecule has 0 spiro atoms. The molecular weight excluding hydrogens is 330 g/mol. The average molecular weight is 353 g/mol. The largest absolute Gasteiger partial charge is 0.489 e. The molecule has 1 aromatic carbocycles. The highest BCUT2D eigenvalue weighted by Crippen LogP contribution is 2.26. The number of rotatable bonds is 2. The quantitative estimate of drug-likeness (QED) is 0.829. The maximum absolute atomic E-state index is 13.1. The minimum Gasteiger partial charge on any atom is -0.489 e. The second-order valence-corrected chi connectivity index (χ2v) is 6.72. The number of anilines is 1. The number of hydrogen-bond donors (Lipinski definition) is 0. The van der Waals surface area contributed by atoms with Crippen molar-refractivity contribution in [2.45, 2.75) is 19.6 Å². The number of fused-ring (bicyclic) bond motifs is 1.